The largest absolute Gasteiger partial charge is 0.481 e. The topological polar surface area (TPSA) is 62.5 Å². The third-order valence-corrected chi connectivity index (χ3v) is 4.64. The van der Waals surface area contributed by atoms with E-state index in [-0.39, 0.29) is 18.4 Å². The first-order valence-electron chi connectivity index (χ1n) is 7.36. The van der Waals surface area contributed by atoms with Crippen molar-refractivity contribution in [2.24, 2.45) is 13.0 Å². The summed E-state index contributed by atoms with van der Waals surface area (Å²) in [7, 11) is 1.80. The molecular formula is C17H17ClN2O3. The second-order valence-corrected chi connectivity index (χ2v) is 6.25. The van der Waals surface area contributed by atoms with Crippen LogP contribution in [-0.2, 0) is 11.8 Å². The van der Waals surface area contributed by atoms with Crippen molar-refractivity contribution in [3.8, 4) is 0 Å². The Labute approximate surface area is 139 Å². The number of nitrogens with zero attached hydrogens (tertiary/aromatic N) is 2. The number of carboxylic acid groups (broad SMARTS) is 1. The molecule has 6 heteroatoms. The molecule has 1 fully saturated rings. The van der Waals surface area contributed by atoms with Gasteiger partial charge in [0.2, 0.25) is 0 Å². The molecule has 0 aliphatic carbocycles. The van der Waals surface area contributed by atoms with Crippen LogP contribution in [0.25, 0.3) is 0 Å². The molecule has 1 aliphatic heterocycles. The van der Waals surface area contributed by atoms with Crippen LogP contribution >= 0.6 is 11.6 Å². The summed E-state index contributed by atoms with van der Waals surface area (Å²) in [4.78, 5) is 25.8. The van der Waals surface area contributed by atoms with Crippen molar-refractivity contribution < 1.29 is 14.7 Å². The van der Waals surface area contributed by atoms with E-state index in [0.29, 0.717) is 17.3 Å². The van der Waals surface area contributed by atoms with Crippen molar-refractivity contribution in [1.82, 2.24) is 9.47 Å². The predicted octanol–water partition coefficient (Wildman–Crippen LogP) is 2.62. The molecule has 2 atom stereocenters. The number of benzene rings is 1. The number of amides is 1. The number of aromatic nitrogens is 1. The Morgan fingerprint density at radius 2 is 1.87 bits per heavy atom. The summed E-state index contributed by atoms with van der Waals surface area (Å²) in [5.41, 5.74) is 1.45. The van der Waals surface area contributed by atoms with Gasteiger partial charge in [0.15, 0.2) is 0 Å². The maximum absolute atomic E-state index is 12.6. The van der Waals surface area contributed by atoms with E-state index in [0.717, 1.165) is 5.56 Å². The van der Waals surface area contributed by atoms with E-state index in [1.165, 1.54) is 0 Å². The number of carboxylic acids is 1. The minimum absolute atomic E-state index is 0.139. The van der Waals surface area contributed by atoms with Crippen LogP contribution in [0.1, 0.15) is 22.0 Å². The zero-order chi connectivity index (χ0) is 16.6. The summed E-state index contributed by atoms with van der Waals surface area (Å²) in [6.07, 6.45) is 1.80. The molecule has 120 valence electrons. The number of hydrogen-bond donors (Lipinski definition) is 1. The number of likely N-dealkylation sites (tertiary alicyclic amines) is 1. The van der Waals surface area contributed by atoms with Gasteiger partial charge in [0, 0.05) is 37.3 Å². The number of aryl methyl sites for hydroxylation is 1. The van der Waals surface area contributed by atoms with Gasteiger partial charge in [0.25, 0.3) is 5.91 Å². The van der Waals surface area contributed by atoms with Crippen LogP contribution in [-0.4, -0.2) is 39.5 Å². The van der Waals surface area contributed by atoms with Crippen molar-refractivity contribution in [3.05, 3.63) is 58.9 Å². The predicted molar refractivity (Wildman–Crippen MR) is 86.6 cm³/mol. The van der Waals surface area contributed by atoms with Gasteiger partial charge in [-0.1, -0.05) is 23.7 Å². The Bertz CT molecular complexity index is 739. The highest BCUT2D eigenvalue weighted by atomic mass is 35.5. The van der Waals surface area contributed by atoms with Gasteiger partial charge in [0.1, 0.15) is 5.69 Å². The third kappa shape index (κ3) is 2.97. The average molecular weight is 333 g/mol. The molecule has 5 nitrogen and oxygen atoms in total. The lowest BCUT2D eigenvalue weighted by molar-refractivity contribution is -0.141. The zero-order valence-corrected chi connectivity index (χ0v) is 13.4. The van der Waals surface area contributed by atoms with Crippen molar-refractivity contribution in [2.45, 2.75) is 5.92 Å². The highest BCUT2D eigenvalue weighted by Crippen LogP contribution is 2.34. The van der Waals surface area contributed by atoms with Crippen molar-refractivity contribution >= 4 is 23.5 Å². The van der Waals surface area contributed by atoms with Crippen molar-refractivity contribution in [3.63, 3.8) is 0 Å². The lowest BCUT2D eigenvalue weighted by Gasteiger charge is -2.17. The smallest absolute Gasteiger partial charge is 0.308 e. The van der Waals surface area contributed by atoms with E-state index >= 15 is 0 Å². The van der Waals surface area contributed by atoms with Gasteiger partial charge in [-0.25, -0.2) is 0 Å². The molecule has 2 aromatic rings. The summed E-state index contributed by atoms with van der Waals surface area (Å²) >= 11 is 5.90. The Kier molecular flexibility index (Phi) is 4.13. The first-order chi connectivity index (χ1) is 11.0. The molecule has 3 rings (SSSR count). The van der Waals surface area contributed by atoms with E-state index in [1.54, 1.807) is 47.0 Å². The quantitative estimate of drug-likeness (QED) is 0.939. The van der Waals surface area contributed by atoms with E-state index in [1.807, 2.05) is 12.1 Å². The molecular weight excluding hydrogens is 316 g/mol. The van der Waals surface area contributed by atoms with Gasteiger partial charge < -0.3 is 14.6 Å². The molecule has 1 N–H and O–H groups in total. The number of carbonyl (C=O) groups excluding carboxylic acids is 1. The Hall–Kier alpha value is -2.27. The first-order valence-corrected chi connectivity index (χ1v) is 7.74. The molecule has 0 bridgehead atoms. The second-order valence-electron chi connectivity index (χ2n) is 5.82. The highest BCUT2D eigenvalue weighted by molar-refractivity contribution is 6.30. The number of halogens is 1. The lowest BCUT2D eigenvalue weighted by atomic mass is 9.89. The Balaban J connectivity index is 1.86. The zero-order valence-electron chi connectivity index (χ0n) is 12.6. The molecule has 1 amide bonds. The van der Waals surface area contributed by atoms with E-state index in [9.17, 15) is 14.7 Å². The molecule has 0 saturated carbocycles. The molecule has 0 unspecified atom stereocenters. The SMILES string of the molecule is Cn1cccc1C(=O)N1C[C@@H](C(=O)O)[C@H](c2ccc(Cl)cc2)C1. The second kappa shape index (κ2) is 6.08. The normalized spacial score (nSPS) is 20.7. The number of rotatable bonds is 3. The maximum Gasteiger partial charge on any atom is 0.308 e. The number of hydrogen-bond acceptors (Lipinski definition) is 2. The van der Waals surface area contributed by atoms with Gasteiger partial charge in [-0.3, -0.25) is 9.59 Å². The summed E-state index contributed by atoms with van der Waals surface area (Å²) < 4.78 is 1.74. The number of carbonyl (C=O) groups is 2. The molecule has 1 aromatic carbocycles. The summed E-state index contributed by atoms with van der Waals surface area (Å²) in [5.74, 6) is -1.86. The molecule has 23 heavy (non-hydrogen) atoms. The summed E-state index contributed by atoms with van der Waals surface area (Å²) in [5, 5.41) is 10.1. The standard InChI is InChI=1S/C17H17ClN2O3/c1-19-8-2-3-15(19)16(21)20-9-13(14(10-20)17(22)23)11-4-6-12(18)7-5-11/h2-8,13-14H,9-10H2,1H3,(H,22,23)/t13-,14+/m0/s1. The average Bonchev–Trinajstić information content (AvgIpc) is 3.14. The molecule has 1 aliphatic rings. The summed E-state index contributed by atoms with van der Waals surface area (Å²) in [6.45, 7) is 0.606. The van der Waals surface area contributed by atoms with Crippen molar-refractivity contribution in [2.75, 3.05) is 13.1 Å². The Morgan fingerprint density at radius 3 is 2.43 bits per heavy atom. The molecule has 2 heterocycles. The van der Waals surface area contributed by atoms with Crippen LogP contribution in [0.2, 0.25) is 5.02 Å². The first kappa shape index (κ1) is 15.6. The Morgan fingerprint density at radius 1 is 1.17 bits per heavy atom. The molecule has 0 radical (unpaired) electrons. The van der Waals surface area contributed by atoms with Crippen molar-refractivity contribution in [1.29, 1.82) is 0 Å². The van der Waals surface area contributed by atoms with E-state index < -0.39 is 11.9 Å². The molecule has 0 spiro atoms. The highest BCUT2D eigenvalue weighted by Gasteiger charge is 2.40. The van der Waals surface area contributed by atoms with Crippen LogP contribution < -0.4 is 0 Å². The van der Waals surface area contributed by atoms with Crippen LogP contribution in [0.5, 0.6) is 0 Å². The molecule has 1 saturated heterocycles. The van der Waals surface area contributed by atoms with Gasteiger partial charge >= 0.3 is 5.97 Å². The fourth-order valence-corrected chi connectivity index (χ4v) is 3.24. The van der Waals surface area contributed by atoms with Crippen LogP contribution in [0.3, 0.4) is 0 Å². The van der Waals surface area contributed by atoms with Gasteiger partial charge in [-0.15, -0.1) is 0 Å². The molecule has 1 aromatic heterocycles. The monoisotopic (exact) mass is 332 g/mol. The van der Waals surface area contributed by atoms with E-state index in [4.69, 9.17) is 11.6 Å². The van der Waals surface area contributed by atoms with Crippen LogP contribution in [0.15, 0.2) is 42.6 Å². The maximum atomic E-state index is 12.6. The van der Waals surface area contributed by atoms with Gasteiger partial charge in [0.05, 0.1) is 5.92 Å². The number of aliphatic carboxylic acids is 1. The van der Waals surface area contributed by atoms with Crippen LogP contribution in [0.4, 0.5) is 0 Å². The minimum atomic E-state index is -0.882. The minimum Gasteiger partial charge on any atom is -0.481 e. The van der Waals surface area contributed by atoms with E-state index in [2.05, 4.69) is 0 Å². The fourth-order valence-electron chi connectivity index (χ4n) is 3.11. The van der Waals surface area contributed by atoms with Gasteiger partial charge in [-0.05, 0) is 29.8 Å². The lowest BCUT2D eigenvalue weighted by Crippen LogP contribution is -2.31. The third-order valence-electron chi connectivity index (χ3n) is 4.39. The summed E-state index contributed by atoms with van der Waals surface area (Å²) in [6, 6.07) is 10.7. The fraction of sp³-hybridized carbons (Fsp3) is 0.294. The van der Waals surface area contributed by atoms with Crippen LogP contribution in [0, 0.1) is 5.92 Å². The van der Waals surface area contributed by atoms with Gasteiger partial charge in [-0.2, -0.15) is 0 Å².